The van der Waals surface area contributed by atoms with E-state index >= 15 is 0 Å². The van der Waals surface area contributed by atoms with Gasteiger partial charge in [0.05, 0.1) is 17.4 Å². The molecule has 1 N–H and O–H groups in total. The van der Waals surface area contributed by atoms with Gasteiger partial charge in [0, 0.05) is 11.8 Å². The summed E-state index contributed by atoms with van der Waals surface area (Å²) in [6, 6.07) is 1.12. The highest BCUT2D eigenvalue weighted by molar-refractivity contribution is 5.95. The molecule has 1 aromatic heterocycles. The van der Waals surface area contributed by atoms with Crippen LogP contribution in [0.2, 0.25) is 0 Å². The molecule has 1 aliphatic rings. The van der Waals surface area contributed by atoms with E-state index in [9.17, 15) is 14.0 Å². The molecule has 6 heteroatoms. The van der Waals surface area contributed by atoms with Gasteiger partial charge in [-0.3, -0.25) is 4.79 Å². The molecule has 0 amide bonds. The van der Waals surface area contributed by atoms with Gasteiger partial charge in [-0.2, -0.15) is 0 Å². The van der Waals surface area contributed by atoms with Gasteiger partial charge < -0.3 is 14.4 Å². The summed E-state index contributed by atoms with van der Waals surface area (Å²) in [5.41, 5.74) is -0.151. The summed E-state index contributed by atoms with van der Waals surface area (Å²) in [7, 11) is 0. The van der Waals surface area contributed by atoms with Gasteiger partial charge in [0.2, 0.25) is 5.43 Å². The Morgan fingerprint density at radius 2 is 2.19 bits per heavy atom. The van der Waals surface area contributed by atoms with E-state index in [1.165, 1.54) is 6.20 Å². The molecule has 0 aliphatic carbocycles. The molecule has 0 unspecified atom stereocenters. The quantitative estimate of drug-likeness (QED) is 0.922. The van der Waals surface area contributed by atoms with E-state index < -0.39 is 17.2 Å². The monoisotopic (exact) mass is 291 g/mol. The van der Waals surface area contributed by atoms with Gasteiger partial charge in [0.1, 0.15) is 23.7 Å². The van der Waals surface area contributed by atoms with E-state index in [2.05, 4.69) is 0 Å². The molecule has 2 heterocycles. The van der Waals surface area contributed by atoms with Crippen molar-refractivity contribution in [3.63, 3.8) is 0 Å². The number of pyridine rings is 1. The predicted molar refractivity (Wildman–Crippen MR) is 74.7 cm³/mol. The zero-order chi connectivity index (χ0) is 15.3. The molecule has 0 saturated heterocycles. The van der Waals surface area contributed by atoms with Crippen molar-refractivity contribution < 1.29 is 19.0 Å². The van der Waals surface area contributed by atoms with Gasteiger partial charge in [0.15, 0.2) is 0 Å². The number of nitrogens with zero attached hydrogens (tertiary/aromatic N) is 1. The van der Waals surface area contributed by atoms with Crippen LogP contribution in [0, 0.1) is 5.82 Å². The Balaban J connectivity index is 2.52. The molecule has 1 aromatic carbocycles. The first-order valence-electron chi connectivity index (χ1n) is 6.67. The molecule has 0 bridgehead atoms. The Bertz CT molecular complexity index is 823. The number of aromatic nitrogens is 1. The Labute approximate surface area is 119 Å². The highest BCUT2D eigenvalue weighted by atomic mass is 19.1. The highest BCUT2D eigenvalue weighted by Crippen LogP contribution is 2.37. The molecule has 0 radical (unpaired) electrons. The van der Waals surface area contributed by atoms with Gasteiger partial charge in [-0.05, 0) is 12.0 Å². The number of carbonyl (C=O) groups is 1. The van der Waals surface area contributed by atoms with Crippen LogP contribution in [0.5, 0.6) is 5.75 Å². The fourth-order valence-corrected chi connectivity index (χ4v) is 2.77. The van der Waals surface area contributed by atoms with E-state index in [1.54, 1.807) is 4.57 Å². The minimum atomic E-state index is -1.31. The Hall–Kier alpha value is -2.37. The summed E-state index contributed by atoms with van der Waals surface area (Å²) >= 11 is 0. The van der Waals surface area contributed by atoms with Gasteiger partial charge >= 0.3 is 5.97 Å². The smallest absolute Gasteiger partial charge is 0.341 e. The Morgan fingerprint density at radius 1 is 1.48 bits per heavy atom. The van der Waals surface area contributed by atoms with Crippen LogP contribution in [-0.4, -0.2) is 22.2 Å². The van der Waals surface area contributed by atoms with Crippen molar-refractivity contribution >= 4 is 16.9 Å². The standard InChI is InChI=1S/C15H14FNO4/c1-7(2)11-10(16)5-8-12-14(11)21-4-3-17(12)6-9(13(8)18)15(19)20/h5-7H,3-4H2,1-2H3,(H,19,20). The number of carboxylic acid groups (broad SMARTS) is 1. The van der Waals surface area contributed by atoms with E-state index in [-0.39, 0.29) is 16.9 Å². The summed E-state index contributed by atoms with van der Waals surface area (Å²) in [6.45, 7) is 4.42. The minimum Gasteiger partial charge on any atom is -0.489 e. The van der Waals surface area contributed by atoms with Crippen molar-refractivity contribution in [3.8, 4) is 5.75 Å². The van der Waals surface area contributed by atoms with E-state index in [0.29, 0.717) is 30.0 Å². The Morgan fingerprint density at radius 3 is 2.81 bits per heavy atom. The number of aromatic carboxylic acids is 1. The van der Waals surface area contributed by atoms with Gasteiger partial charge in [0.25, 0.3) is 0 Å². The first-order valence-corrected chi connectivity index (χ1v) is 6.67. The molecule has 2 aromatic rings. The first-order chi connectivity index (χ1) is 9.91. The molecule has 0 saturated carbocycles. The average Bonchev–Trinajstić information content (AvgIpc) is 2.41. The maximum Gasteiger partial charge on any atom is 0.341 e. The maximum absolute atomic E-state index is 14.3. The van der Waals surface area contributed by atoms with Crippen LogP contribution in [0.1, 0.15) is 35.7 Å². The third-order valence-electron chi connectivity index (χ3n) is 3.69. The number of carboxylic acids is 1. The summed E-state index contributed by atoms with van der Waals surface area (Å²) in [5, 5.41) is 9.15. The second kappa shape index (κ2) is 4.58. The van der Waals surface area contributed by atoms with Crippen LogP contribution in [0.4, 0.5) is 4.39 Å². The first kappa shape index (κ1) is 13.6. The third kappa shape index (κ3) is 1.90. The molecule has 21 heavy (non-hydrogen) atoms. The lowest BCUT2D eigenvalue weighted by molar-refractivity contribution is 0.0694. The fourth-order valence-electron chi connectivity index (χ4n) is 2.77. The van der Waals surface area contributed by atoms with Crippen LogP contribution in [0.25, 0.3) is 10.9 Å². The molecule has 5 nitrogen and oxygen atoms in total. The molecule has 3 rings (SSSR count). The van der Waals surface area contributed by atoms with E-state index in [4.69, 9.17) is 9.84 Å². The van der Waals surface area contributed by atoms with Crippen molar-refractivity contribution in [2.24, 2.45) is 0 Å². The number of hydrogen-bond acceptors (Lipinski definition) is 3. The predicted octanol–water partition coefficient (Wildman–Crippen LogP) is 2.35. The lowest BCUT2D eigenvalue weighted by Gasteiger charge is -2.25. The summed E-state index contributed by atoms with van der Waals surface area (Å²) in [6.07, 6.45) is 1.31. The largest absolute Gasteiger partial charge is 0.489 e. The fraction of sp³-hybridized carbons (Fsp3) is 0.333. The van der Waals surface area contributed by atoms with Gasteiger partial charge in [-0.15, -0.1) is 0 Å². The highest BCUT2D eigenvalue weighted by Gasteiger charge is 2.26. The number of halogens is 1. The third-order valence-corrected chi connectivity index (χ3v) is 3.69. The topological polar surface area (TPSA) is 68.5 Å². The van der Waals surface area contributed by atoms with E-state index in [1.807, 2.05) is 13.8 Å². The number of hydrogen-bond donors (Lipinski definition) is 1. The van der Waals surface area contributed by atoms with Crippen LogP contribution in [0.3, 0.4) is 0 Å². The van der Waals surface area contributed by atoms with E-state index in [0.717, 1.165) is 6.07 Å². The van der Waals surface area contributed by atoms with Gasteiger partial charge in [-0.1, -0.05) is 13.8 Å². The maximum atomic E-state index is 14.3. The van der Waals surface area contributed by atoms with Gasteiger partial charge in [-0.25, -0.2) is 9.18 Å². The molecular formula is C15H14FNO4. The minimum absolute atomic E-state index is 0.0477. The second-order valence-corrected chi connectivity index (χ2v) is 5.37. The molecule has 110 valence electrons. The normalized spacial score (nSPS) is 13.5. The summed E-state index contributed by atoms with van der Waals surface area (Å²) < 4.78 is 21.5. The molecule has 0 fully saturated rings. The van der Waals surface area contributed by atoms with Crippen molar-refractivity contribution in [3.05, 3.63) is 39.4 Å². The molecule has 0 spiro atoms. The van der Waals surface area contributed by atoms with Crippen molar-refractivity contribution in [2.75, 3.05) is 6.61 Å². The summed E-state index contributed by atoms with van der Waals surface area (Å²) in [5.74, 6) is -1.61. The summed E-state index contributed by atoms with van der Waals surface area (Å²) in [4.78, 5) is 23.4. The number of benzene rings is 1. The van der Waals surface area contributed by atoms with Crippen LogP contribution >= 0.6 is 0 Å². The second-order valence-electron chi connectivity index (χ2n) is 5.37. The zero-order valence-corrected chi connectivity index (χ0v) is 11.6. The van der Waals surface area contributed by atoms with Crippen LogP contribution in [-0.2, 0) is 6.54 Å². The zero-order valence-electron chi connectivity index (χ0n) is 11.6. The lowest BCUT2D eigenvalue weighted by Crippen LogP contribution is -2.25. The van der Waals surface area contributed by atoms with Crippen LogP contribution < -0.4 is 10.2 Å². The average molecular weight is 291 g/mol. The lowest BCUT2D eigenvalue weighted by atomic mass is 9.97. The van der Waals surface area contributed by atoms with Crippen molar-refractivity contribution in [2.45, 2.75) is 26.3 Å². The molecular weight excluding hydrogens is 277 g/mol. The van der Waals surface area contributed by atoms with Crippen LogP contribution in [0.15, 0.2) is 17.1 Å². The Kier molecular flexibility index (Phi) is 2.97. The van der Waals surface area contributed by atoms with Crippen molar-refractivity contribution in [1.82, 2.24) is 4.57 Å². The SMILES string of the molecule is CC(C)c1c(F)cc2c(=O)c(C(=O)O)cn3c2c1OCC3. The number of ether oxygens (including phenoxy) is 1. The molecule has 0 atom stereocenters. The molecule has 1 aliphatic heterocycles. The number of rotatable bonds is 2. The van der Waals surface area contributed by atoms with Crippen molar-refractivity contribution in [1.29, 1.82) is 0 Å².